The van der Waals surface area contributed by atoms with Gasteiger partial charge in [0.2, 0.25) is 0 Å². The molecule has 1 heterocycles. The number of rotatable bonds is 2. The summed E-state index contributed by atoms with van der Waals surface area (Å²) >= 11 is 1.42. The van der Waals surface area contributed by atoms with Gasteiger partial charge in [0.25, 0.3) is 0 Å². The van der Waals surface area contributed by atoms with Crippen LogP contribution >= 0.6 is 11.8 Å². The second kappa shape index (κ2) is 4.75. The van der Waals surface area contributed by atoms with Crippen molar-refractivity contribution < 1.29 is 0 Å². The number of nitrogens with zero attached hydrogens (tertiary/aromatic N) is 3. The number of aromatic nitrogens is 2. The van der Waals surface area contributed by atoms with Gasteiger partial charge in [0.1, 0.15) is 22.5 Å². The number of nitriles is 1. The highest BCUT2D eigenvalue weighted by atomic mass is 32.2. The van der Waals surface area contributed by atoms with Gasteiger partial charge >= 0.3 is 0 Å². The van der Waals surface area contributed by atoms with Gasteiger partial charge in [-0.05, 0) is 43.4 Å². The molecule has 0 aliphatic heterocycles. The van der Waals surface area contributed by atoms with Gasteiger partial charge in [-0.3, -0.25) is 0 Å². The van der Waals surface area contributed by atoms with Gasteiger partial charge in [0.05, 0.1) is 5.69 Å². The number of hydrogen-bond acceptors (Lipinski definition) is 4. The molecular weight excluding hydrogens is 244 g/mol. The number of thioether (sulfide) groups is 1. The number of nitrogens with two attached hydrogens (primary N) is 1. The van der Waals surface area contributed by atoms with Crippen LogP contribution in [-0.4, -0.2) is 16.0 Å². The van der Waals surface area contributed by atoms with E-state index in [9.17, 15) is 0 Å². The van der Waals surface area contributed by atoms with Crippen LogP contribution in [0, 0.1) is 25.2 Å². The summed E-state index contributed by atoms with van der Waals surface area (Å²) < 4.78 is 1.63. The lowest BCUT2D eigenvalue weighted by molar-refractivity contribution is 0.844. The number of hydrogen-bond donors (Lipinski definition) is 1. The Morgan fingerprint density at radius 1 is 1.28 bits per heavy atom. The third-order valence-corrected chi connectivity index (χ3v) is 3.32. The van der Waals surface area contributed by atoms with Crippen LogP contribution in [0.1, 0.15) is 16.7 Å². The molecule has 1 aromatic heterocycles. The molecule has 0 amide bonds. The maximum atomic E-state index is 9.10. The zero-order valence-corrected chi connectivity index (χ0v) is 11.4. The molecule has 92 valence electrons. The molecule has 0 spiro atoms. The van der Waals surface area contributed by atoms with Crippen LogP contribution in [0.4, 0.5) is 5.82 Å². The molecule has 0 saturated carbocycles. The molecule has 4 nitrogen and oxygen atoms in total. The standard InChI is InChI=1S/C13H14N4S/c1-8-4-9(2)6-10(5-8)17-12(15)11(7-14)13(16-17)18-3/h4-6H,15H2,1-3H3. The molecule has 18 heavy (non-hydrogen) atoms. The maximum absolute atomic E-state index is 9.10. The van der Waals surface area contributed by atoms with Crippen molar-refractivity contribution in [2.75, 3.05) is 12.0 Å². The van der Waals surface area contributed by atoms with Gasteiger partial charge in [-0.15, -0.1) is 11.8 Å². The van der Waals surface area contributed by atoms with Gasteiger partial charge in [0, 0.05) is 0 Å². The predicted octanol–water partition coefficient (Wildman–Crippen LogP) is 2.66. The third kappa shape index (κ3) is 2.07. The van der Waals surface area contributed by atoms with Crippen LogP contribution in [0.25, 0.3) is 5.69 Å². The molecular formula is C13H14N4S. The van der Waals surface area contributed by atoms with E-state index in [-0.39, 0.29) is 0 Å². The van der Waals surface area contributed by atoms with E-state index in [1.807, 2.05) is 32.2 Å². The molecule has 2 aromatic rings. The quantitative estimate of drug-likeness (QED) is 0.841. The van der Waals surface area contributed by atoms with Crippen molar-refractivity contribution in [3.8, 4) is 11.8 Å². The summed E-state index contributed by atoms with van der Waals surface area (Å²) in [4.78, 5) is 0. The minimum absolute atomic E-state index is 0.395. The van der Waals surface area contributed by atoms with Gasteiger partial charge in [-0.2, -0.15) is 10.4 Å². The topological polar surface area (TPSA) is 67.6 Å². The highest BCUT2D eigenvalue weighted by molar-refractivity contribution is 7.98. The summed E-state index contributed by atoms with van der Waals surface area (Å²) in [6.45, 7) is 4.05. The summed E-state index contributed by atoms with van der Waals surface area (Å²) in [5, 5.41) is 14.1. The fourth-order valence-corrected chi connectivity index (χ4v) is 2.45. The fraction of sp³-hybridized carbons (Fsp3) is 0.231. The van der Waals surface area contributed by atoms with Crippen molar-refractivity contribution in [3.63, 3.8) is 0 Å². The Bertz CT molecular complexity index is 617. The van der Waals surface area contributed by atoms with E-state index in [1.54, 1.807) is 4.68 Å². The average molecular weight is 258 g/mol. The minimum atomic E-state index is 0.395. The molecule has 2 N–H and O–H groups in total. The summed E-state index contributed by atoms with van der Waals surface area (Å²) in [6, 6.07) is 8.20. The molecule has 1 aromatic carbocycles. The first kappa shape index (κ1) is 12.5. The number of benzene rings is 1. The Hall–Kier alpha value is -1.93. The van der Waals surface area contributed by atoms with E-state index in [0.29, 0.717) is 16.4 Å². The van der Waals surface area contributed by atoms with Crippen molar-refractivity contribution in [2.24, 2.45) is 0 Å². The Balaban J connectivity index is 2.65. The Morgan fingerprint density at radius 3 is 2.33 bits per heavy atom. The summed E-state index contributed by atoms with van der Waals surface area (Å²) in [5.74, 6) is 0.395. The predicted molar refractivity (Wildman–Crippen MR) is 73.9 cm³/mol. The lowest BCUT2D eigenvalue weighted by Crippen LogP contribution is -2.03. The Kier molecular flexibility index (Phi) is 3.30. The molecule has 5 heteroatoms. The van der Waals surface area contributed by atoms with Crippen LogP contribution in [0.15, 0.2) is 23.2 Å². The normalized spacial score (nSPS) is 10.3. The lowest BCUT2D eigenvalue weighted by atomic mass is 10.1. The molecule has 0 unspecified atom stereocenters. The van der Waals surface area contributed by atoms with E-state index in [0.717, 1.165) is 16.8 Å². The highest BCUT2D eigenvalue weighted by Gasteiger charge is 2.15. The first-order valence-corrected chi connectivity index (χ1v) is 6.70. The third-order valence-electron chi connectivity index (χ3n) is 2.65. The van der Waals surface area contributed by atoms with Crippen LogP contribution in [0.3, 0.4) is 0 Å². The highest BCUT2D eigenvalue weighted by Crippen LogP contribution is 2.27. The Morgan fingerprint density at radius 2 is 1.89 bits per heavy atom. The van der Waals surface area contributed by atoms with Crippen molar-refractivity contribution in [1.29, 1.82) is 5.26 Å². The average Bonchev–Trinajstić information content (AvgIpc) is 2.64. The zero-order chi connectivity index (χ0) is 13.3. The largest absolute Gasteiger partial charge is 0.382 e. The molecule has 0 radical (unpaired) electrons. The molecule has 0 atom stereocenters. The summed E-state index contributed by atoms with van der Waals surface area (Å²) in [5.41, 5.74) is 9.61. The number of aryl methyl sites for hydroxylation is 2. The maximum Gasteiger partial charge on any atom is 0.146 e. The van der Waals surface area contributed by atoms with Crippen molar-refractivity contribution in [3.05, 3.63) is 34.9 Å². The van der Waals surface area contributed by atoms with Gasteiger partial charge in [-0.1, -0.05) is 6.07 Å². The van der Waals surface area contributed by atoms with Crippen LogP contribution in [0.2, 0.25) is 0 Å². The minimum Gasteiger partial charge on any atom is -0.382 e. The van der Waals surface area contributed by atoms with E-state index < -0.39 is 0 Å². The van der Waals surface area contributed by atoms with Crippen molar-refractivity contribution >= 4 is 17.6 Å². The van der Waals surface area contributed by atoms with Crippen LogP contribution < -0.4 is 5.73 Å². The first-order chi connectivity index (χ1) is 8.56. The van der Waals surface area contributed by atoms with Crippen molar-refractivity contribution in [1.82, 2.24) is 9.78 Å². The lowest BCUT2D eigenvalue weighted by Gasteiger charge is -2.06. The molecule has 0 fully saturated rings. The van der Waals surface area contributed by atoms with E-state index in [2.05, 4.69) is 17.2 Å². The van der Waals surface area contributed by atoms with Gasteiger partial charge in [-0.25, -0.2) is 4.68 Å². The van der Waals surface area contributed by atoms with Crippen LogP contribution in [0.5, 0.6) is 0 Å². The zero-order valence-electron chi connectivity index (χ0n) is 10.6. The smallest absolute Gasteiger partial charge is 0.146 e. The van der Waals surface area contributed by atoms with Gasteiger partial charge < -0.3 is 5.73 Å². The molecule has 0 aliphatic carbocycles. The molecule has 0 bridgehead atoms. The monoisotopic (exact) mass is 258 g/mol. The number of anilines is 1. The van der Waals surface area contributed by atoms with E-state index in [4.69, 9.17) is 11.0 Å². The van der Waals surface area contributed by atoms with Crippen molar-refractivity contribution in [2.45, 2.75) is 18.9 Å². The fourth-order valence-electron chi connectivity index (χ4n) is 1.93. The summed E-state index contributed by atoms with van der Waals surface area (Å²) in [6.07, 6.45) is 1.88. The van der Waals surface area contributed by atoms with E-state index in [1.165, 1.54) is 11.8 Å². The molecule has 2 rings (SSSR count). The number of nitrogen functional groups attached to an aromatic ring is 1. The van der Waals surface area contributed by atoms with E-state index >= 15 is 0 Å². The van der Waals surface area contributed by atoms with Gasteiger partial charge in [0.15, 0.2) is 0 Å². The Labute approximate surface area is 110 Å². The molecule has 0 aliphatic rings. The molecule has 0 saturated heterocycles. The SMILES string of the molecule is CSc1nn(-c2cc(C)cc(C)c2)c(N)c1C#N. The second-order valence-electron chi connectivity index (χ2n) is 4.14. The van der Waals surface area contributed by atoms with Crippen LogP contribution in [-0.2, 0) is 0 Å². The second-order valence-corrected chi connectivity index (χ2v) is 4.93. The summed E-state index contributed by atoms with van der Waals surface area (Å²) in [7, 11) is 0. The first-order valence-electron chi connectivity index (χ1n) is 5.48.